The highest BCUT2D eigenvalue weighted by atomic mass is 16.5. The monoisotopic (exact) mass is 250 g/mol. The maximum Gasteiger partial charge on any atom is 0.236 e. The zero-order valence-electron chi connectivity index (χ0n) is 10.3. The van der Waals surface area contributed by atoms with Gasteiger partial charge >= 0.3 is 0 Å². The molecule has 5 nitrogen and oxygen atoms in total. The quantitative estimate of drug-likeness (QED) is 0.579. The maximum absolute atomic E-state index is 11.7. The first-order valence-electron chi connectivity index (χ1n) is 5.56. The molecule has 0 amide bonds. The van der Waals surface area contributed by atoms with E-state index in [2.05, 4.69) is 0 Å². The van der Waals surface area contributed by atoms with Crippen molar-refractivity contribution >= 4 is 11.6 Å². The summed E-state index contributed by atoms with van der Waals surface area (Å²) in [6.45, 7) is 0.857. The molecule has 5 heteroatoms. The molecule has 18 heavy (non-hydrogen) atoms. The van der Waals surface area contributed by atoms with Gasteiger partial charge in [-0.1, -0.05) is 6.07 Å². The third-order valence-electron chi connectivity index (χ3n) is 2.81. The second-order valence-corrected chi connectivity index (χ2v) is 3.90. The summed E-state index contributed by atoms with van der Waals surface area (Å²) in [7, 11) is 2.99. The predicted molar refractivity (Wildman–Crippen MR) is 62.9 cm³/mol. The Kier molecular flexibility index (Phi) is 3.74. The number of ketones is 2. The smallest absolute Gasteiger partial charge is 0.236 e. The van der Waals surface area contributed by atoms with Crippen LogP contribution in [0.25, 0.3) is 0 Å². The van der Waals surface area contributed by atoms with Crippen LogP contribution in [0.5, 0.6) is 5.75 Å². The van der Waals surface area contributed by atoms with Crippen molar-refractivity contribution in [2.75, 3.05) is 27.4 Å². The number of methoxy groups -OCH3 is 2. The van der Waals surface area contributed by atoms with Crippen molar-refractivity contribution in [1.82, 2.24) is 0 Å². The Balaban J connectivity index is 2.23. The number of carbonyl (C=O) groups is 2. The van der Waals surface area contributed by atoms with Crippen LogP contribution in [0.2, 0.25) is 0 Å². The van der Waals surface area contributed by atoms with E-state index in [-0.39, 0.29) is 0 Å². The lowest BCUT2D eigenvalue weighted by atomic mass is 10.1. The van der Waals surface area contributed by atoms with E-state index in [1.54, 1.807) is 25.3 Å². The Morgan fingerprint density at radius 1 is 1.17 bits per heavy atom. The number of rotatable bonds is 5. The summed E-state index contributed by atoms with van der Waals surface area (Å²) in [6, 6.07) is 4.98. The Hall–Kier alpha value is -1.72. The van der Waals surface area contributed by atoms with Gasteiger partial charge in [0, 0.05) is 25.3 Å². The largest absolute Gasteiger partial charge is 0.491 e. The second kappa shape index (κ2) is 5.29. The minimum atomic E-state index is -0.777. The molecule has 0 fully saturated rings. The van der Waals surface area contributed by atoms with Crippen LogP contribution in [0, 0.1) is 0 Å². The van der Waals surface area contributed by atoms with E-state index >= 15 is 0 Å². The van der Waals surface area contributed by atoms with Crippen LogP contribution in [0.3, 0.4) is 0 Å². The van der Waals surface area contributed by atoms with E-state index in [0.29, 0.717) is 30.1 Å². The van der Waals surface area contributed by atoms with Gasteiger partial charge in [-0.15, -0.1) is 0 Å². The molecular formula is C13H14O5. The van der Waals surface area contributed by atoms with Crippen LogP contribution in [-0.4, -0.2) is 39.0 Å². The van der Waals surface area contributed by atoms with Crippen molar-refractivity contribution in [1.29, 1.82) is 0 Å². The summed E-state index contributed by atoms with van der Waals surface area (Å²) in [6.07, 6.45) is -0.777. The summed E-state index contributed by atoms with van der Waals surface area (Å²) < 4.78 is 15.3. The summed E-state index contributed by atoms with van der Waals surface area (Å²) >= 11 is 0. The van der Waals surface area contributed by atoms with Gasteiger partial charge in [-0.25, -0.2) is 0 Å². The van der Waals surface area contributed by atoms with Crippen LogP contribution in [0.1, 0.15) is 22.0 Å². The predicted octanol–water partition coefficient (Wildman–Crippen LogP) is 1.16. The van der Waals surface area contributed by atoms with Gasteiger partial charge in [-0.05, 0) is 12.1 Å². The van der Waals surface area contributed by atoms with Crippen molar-refractivity contribution in [3.8, 4) is 5.75 Å². The molecule has 0 aliphatic heterocycles. The topological polar surface area (TPSA) is 61.8 Å². The van der Waals surface area contributed by atoms with Crippen LogP contribution in [-0.2, 0) is 14.3 Å². The lowest BCUT2D eigenvalue weighted by Gasteiger charge is -2.09. The molecule has 1 aromatic rings. The number of Topliss-reactive ketones (excluding diaryl/α,β-unsaturated/α-hetero) is 2. The first-order chi connectivity index (χ1) is 8.69. The van der Waals surface area contributed by atoms with Crippen molar-refractivity contribution < 1.29 is 23.8 Å². The van der Waals surface area contributed by atoms with Gasteiger partial charge in [0.15, 0.2) is 0 Å². The number of fused-ring (bicyclic) bond motifs is 1. The van der Waals surface area contributed by atoms with E-state index < -0.39 is 17.7 Å². The molecule has 1 aliphatic carbocycles. The molecule has 0 bridgehead atoms. The minimum absolute atomic E-state index is 0.363. The molecule has 0 heterocycles. The molecule has 2 rings (SSSR count). The van der Waals surface area contributed by atoms with E-state index in [4.69, 9.17) is 14.2 Å². The fourth-order valence-electron chi connectivity index (χ4n) is 1.92. The highest BCUT2D eigenvalue weighted by molar-refractivity contribution is 6.48. The number of ether oxygens (including phenoxy) is 3. The van der Waals surface area contributed by atoms with Gasteiger partial charge in [0.25, 0.3) is 0 Å². The molecule has 0 saturated heterocycles. The average Bonchev–Trinajstić information content (AvgIpc) is 2.62. The summed E-state index contributed by atoms with van der Waals surface area (Å²) in [5.74, 6) is -0.501. The van der Waals surface area contributed by atoms with E-state index in [1.165, 1.54) is 7.11 Å². The number of benzene rings is 1. The number of hydrogen-bond donors (Lipinski definition) is 0. The van der Waals surface area contributed by atoms with Gasteiger partial charge in [0.2, 0.25) is 11.6 Å². The maximum atomic E-state index is 11.7. The standard InChI is InChI=1S/C13H14O5/c1-16-5-6-18-8-3-4-9-10(7-8)11(14)12(15)13(9)17-2/h3-4,7,13H,5-6H2,1-2H3. The van der Waals surface area contributed by atoms with E-state index in [0.717, 1.165) is 0 Å². The molecular weight excluding hydrogens is 236 g/mol. The molecule has 0 N–H and O–H groups in total. The fraction of sp³-hybridized carbons (Fsp3) is 0.385. The molecule has 0 radical (unpaired) electrons. The van der Waals surface area contributed by atoms with Crippen molar-refractivity contribution in [2.24, 2.45) is 0 Å². The molecule has 0 aromatic heterocycles. The summed E-state index contributed by atoms with van der Waals surface area (Å²) in [5, 5.41) is 0. The van der Waals surface area contributed by atoms with Gasteiger partial charge in [-0.2, -0.15) is 0 Å². The van der Waals surface area contributed by atoms with Crippen LogP contribution in [0.4, 0.5) is 0 Å². The molecule has 1 aromatic carbocycles. The Bertz CT molecular complexity index is 480. The fourth-order valence-corrected chi connectivity index (χ4v) is 1.92. The van der Waals surface area contributed by atoms with Gasteiger partial charge < -0.3 is 14.2 Å². The third kappa shape index (κ3) is 2.14. The van der Waals surface area contributed by atoms with E-state index in [9.17, 15) is 9.59 Å². The Labute approximate surface area is 105 Å². The van der Waals surface area contributed by atoms with Gasteiger partial charge in [0.05, 0.1) is 6.61 Å². The highest BCUT2D eigenvalue weighted by Gasteiger charge is 2.38. The Morgan fingerprint density at radius 2 is 1.94 bits per heavy atom. The number of hydrogen-bond acceptors (Lipinski definition) is 5. The SMILES string of the molecule is COCCOc1ccc2c(c1)C(=O)C(=O)C2OC. The number of carbonyl (C=O) groups excluding carboxylic acids is 2. The van der Waals surface area contributed by atoms with Gasteiger partial charge in [-0.3, -0.25) is 9.59 Å². The van der Waals surface area contributed by atoms with Crippen molar-refractivity contribution in [3.05, 3.63) is 29.3 Å². The van der Waals surface area contributed by atoms with E-state index in [1.807, 2.05) is 0 Å². The first kappa shape index (κ1) is 12.7. The first-order valence-corrected chi connectivity index (χ1v) is 5.56. The zero-order valence-corrected chi connectivity index (χ0v) is 10.3. The molecule has 0 spiro atoms. The summed E-state index contributed by atoms with van der Waals surface area (Å²) in [5.41, 5.74) is 0.966. The van der Waals surface area contributed by atoms with Crippen molar-refractivity contribution in [3.63, 3.8) is 0 Å². The second-order valence-electron chi connectivity index (χ2n) is 3.90. The Morgan fingerprint density at radius 3 is 2.61 bits per heavy atom. The molecule has 1 unspecified atom stereocenters. The minimum Gasteiger partial charge on any atom is -0.491 e. The summed E-state index contributed by atoms with van der Waals surface area (Å²) in [4.78, 5) is 23.4. The average molecular weight is 250 g/mol. The van der Waals surface area contributed by atoms with Crippen LogP contribution >= 0.6 is 0 Å². The molecule has 0 saturated carbocycles. The highest BCUT2D eigenvalue weighted by Crippen LogP contribution is 2.33. The van der Waals surface area contributed by atoms with Crippen molar-refractivity contribution in [2.45, 2.75) is 6.10 Å². The van der Waals surface area contributed by atoms with Crippen LogP contribution < -0.4 is 4.74 Å². The van der Waals surface area contributed by atoms with Crippen LogP contribution in [0.15, 0.2) is 18.2 Å². The third-order valence-corrected chi connectivity index (χ3v) is 2.81. The molecule has 1 atom stereocenters. The lowest BCUT2D eigenvalue weighted by Crippen LogP contribution is -2.13. The molecule has 96 valence electrons. The zero-order chi connectivity index (χ0) is 13.1. The normalized spacial score (nSPS) is 18.0. The molecule has 1 aliphatic rings. The van der Waals surface area contributed by atoms with Gasteiger partial charge in [0.1, 0.15) is 18.5 Å². The lowest BCUT2D eigenvalue weighted by molar-refractivity contribution is -0.123.